The van der Waals surface area contributed by atoms with Gasteiger partial charge in [0.15, 0.2) is 0 Å². The standard InChI is InChI=1S/C10H8ClN3/c11-10-6-13-5-9(14-10)7-1-3-8(12)4-2-7/h1-6H,12H2. The number of rotatable bonds is 1. The molecule has 1 heterocycles. The fourth-order valence-corrected chi connectivity index (χ4v) is 1.28. The van der Waals surface area contributed by atoms with Crippen LogP contribution in [0.3, 0.4) is 0 Å². The minimum Gasteiger partial charge on any atom is -0.399 e. The number of benzene rings is 1. The average molecular weight is 206 g/mol. The zero-order valence-corrected chi connectivity index (χ0v) is 8.07. The SMILES string of the molecule is Nc1ccc(-c2cncc(Cl)n2)cc1. The molecule has 70 valence electrons. The van der Waals surface area contributed by atoms with Crippen LogP contribution in [0.15, 0.2) is 36.7 Å². The molecule has 0 aliphatic carbocycles. The van der Waals surface area contributed by atoms with Gasteiger partial charge in [-0.1, -0.05) is 23.7 Å². The lowest BCUT2D eigenvalue weighted by Gasteiger charge is -2.00. The Bertz CT molecular complexity index is 439. The van der Waals surface area contributed by atoms with Crippen molar-refractivity contribution in [2.45, 2.75) is 0 Å². The van der Waals surface area contributed by atoms with E-state index in [1.807, 2.05) is 24.3 Å². The van der Waals surface area contributed by atoms with Gasteiger partial charge in [0.2, 0.25) is 0 Å². The first kappa shape index (κ1) is 8.97. The highest BCUT2D eigenvalue weighted by atomic mass is 35.5. The molecule has 3 nitrogen and oxygen atoms in total. The maximum atomic E-state index is 5.73. The van der Waals surface area contributed by atoms with Crippen LogP contribution in [0.4, 0.5) is 5.69 Å². The third-order valence-electron chi connectivity index (χ3n) is 1.81. The molecule has 0 aliphatic rings. The molecule has 1 aromatic heterocycles. The Morgan fingerprint density at radius 2 is 1.79 bits per heavy atom. The van der Waals surface area contributed by atoms with Crippen LogP contribution < -0.4 is 5.73 Å². The van der Waals surface area contributed by atoms with Crippen molar-refractivity contribution in [1.82, 2.24) is 9.97 Å². The van der Waals surface area contributed by atoms with E-state index in [0.29, 0.717) is 5.15 Å². The van der Waals surface area contributed by atoms with Gasteiger partial charge < -0.3 is 5.73 Å². The third-order valence-corrected chi connectivity index (χ3v) is 1.99. The summed E-state index contributed by atoms with van der Waals surface area (Å²) < 4.78 is 0. The van der Waals surface area contributed by atoms with Gasteiger partial charge in [-0.05, 0) is 12.1 Å². The van der Waals surface area contributed by atoms with Crippen LogP contribution in [-0.4, -0.2) is 9.97 Å². The molecule has 2 aromatic rings. The third kappa shape index (κ3) is 1.83. The Morgan fingerprint density at radius 1 is 1.07 bits per heavy atom. The Morgan fingerprint density at radius 3 is 2.43 bits per heavy atom. The van der Waals surface area contributed by atoms with Crippen LogP contribution in [0, 0.1) is 0 Å². The van der Waals surface area contributed by atoms with E-state index < -0.39 is 0 Å². The quantitative estimate of drug-likeness (QED) is 0.728. The fraction of sp³-hybridized carbons (Fsp3) is 0. The zero-order chi connectivity index (χ0) is 9.97. The molecule has 4 heteroatoms. The Labute approximate surface area is 86.6 Å². The Hall–Kier alpha value is -1.61. The lowest BCUT2D eigenvalue weighted by atomic mass is 10.1. The molecule has 2 rings (SSSR count). The summed E-state index contributed by atoms with van der Waals surface area (Å²) in [7, 11) is 0. The van der Waals surface area contributed by atoms with E-state index >= 15 is 0 Å². The first-order valence-electron chi connectivity index (χ1n) is 4.09. The van der Waals surface area contributed by atoms with Crippen LogP contribution >= 0.6 is 11.6 Å². The molecule has 0 saturated heterocycles. The van der Waals surface area contributed by atoms with E-state index in [9.17, 15) is 0 Å². The molecule has 0 atom stereocenters. The van der Waals surface area contributed by atoms with E-state index in [1.165, 1.54) is 6.20 Å². The first-order valence-corrected chi connectivity index (χ1v) is 4.47. The van der Waals surface area contributed by atoms with Crippen molar-refractivity contribution in [3.8, 4) is 11.3 Å². The molecule has 0 unspecified atom stereocenters. The number of nitrogens with zero attached hydrogens (tertiary/aromatic N) is 2. The van der Waals surface area contributed by atoms with Crippen LogP contribution in [0.1, 0.15) is 0 Å². The summed E-state index contributed by atoms with van der Waals surface area (Å²) in [6.07, 6.45) is 3.17. The predicted octanol–water partition coefficient (Wildman–Crippen LogP) is 2.38. The minimum absolute atomic E-state index is 0.388. The minimum atomic E-state index is 0.388. The summed E-state index contributed by atoms with van der Waals surface area (Å²) in [5.74, 6) is 0. The summed E-state index contributed by atoms with van der Waals surface area (Å²) in [5.41, 5.74) is 8.00. The number of nitrogen functional groups attached to an aromatic ring is 1. The smallest absolute Gasteiger partial charge is 0.148 e. The monoisotopic (exact) mass is 205 g/mol. The second kappa shape index (κ2) is 3.64. The molecule has 0 aliphatic heterocycles. The van der Waals surface area contributed by atoms with E-state index in [-0.39, 0.29) is 0 Å². The van der Waals surface area contributed by atoms with E-state index in [2.05, 4.69) is 9.97 Å². The lowest BCUT2D eigenvalue weighted by molar-refractivity contribution is 1.21. The van der Waals surface area contributed by atoms with Crippen molar-refractivity contribution in [3.05, 3.63) is 41.8 Å². The summed E-state index contributed by atoms with van der Waals surface area (Å²) in [4.78, 5) is 8.09. The van der Waals surface area contributed by atoms with Crippen LogP contribution in [0.2, 0.25) is 5.15 Å². The van der Waals surface area contributed by atoms with Gasteiger partial charge in [-0.15, -0.1) is 0 Å². The average Bonchev–Trinajstić information content (AvgIpc) is 2.19. The Balaban J connectivity index is 2.44. The van der Waals surface area contributed by atoms with Crippen LogP contribution in [0.5, 0.6) is 0 Å². The molecule has 0 bridgehead atoms. The van der Waals surface area contributed by atoms with Gasteiger partial charge in [0, 0.05) is 11.3 Å². The largest absolute Gasteiger partial charge is 0.399 e. The summed E-state index contributed by atoms with van der Waals surface area (Å²) in [6.45, 7) is 0. The summed E-state index contributed by atoms with van der Waals surface area (Å²) in [5, 5.41) is 0.388. The molecule has 2 N–H and O–H groups in total. The summed E-state index contributed by atoms with van der Waals surface area (Å²) in [6, 6.07) is 7.40. The normalized spacial score (nSPS) is 10.1. The zero-order valence-electron chi connectivity index (χ0n) is 7.31. The van der Waals surface area contributed by atoms with Crippen LogP contribution in [0.25, 0.3) is 11.3 Å². The second-order valence-electron chi connectivity index (χ2n) is 2.85. The lowest BCUT2D eigenvalue weighted by Crippen LogP contribution is -1.87. The van der Waals surface area contributed by atoms with Gasteiger partial charge in [0.25, 0.3) is 0 Å². The number of aromatic nitrogens is 2. The van der Waals surface area contributed by atoms with Gasteiger partial charge in [-0.2, -0.15) is 0 Å². The van der Waals surface area contributed by atoms with Gasteiger partial charge in [-0.3, -0.25) is 4.98 Å². The molecular formula is C10H8ClN3. The maximum absolute atomic E-state index is 5.73. The highest BCUT2D eigenvalue weighted by Gasteiger charge is 1.99. The summed E-state index contributed by atoms with van der Waals surface area (Å²) >= 11 is 5.73. The number of hydrogen-bond donors (Lipinski definition) is 1. The molecule has 1 aromatic carbocycles. The van der Waals surface area contributed by atoms with Crippen molar-refractivity contribution >= 4 is 17.3 Å². The van der Waals surface area contributed by atoms with Crippen LogP contribution in [-0.2, 0) is 0 Å². The molecule has 0 amide bonds. The fourth-order valence-electron chi connectivity index (χ4n) is 1.14. The van der Waals surface area contributed by atoms with Crippen molar-refractivity contribution in [2.75, 3.05) is 5.73 Å². The molecule has 0 spiro atoms. The van der Waals surface area contributed by atoms with Gasteiger partial charge in [0.1, 0.15) is 5.15 Å². The molecule has 14 heavy (non-hydrogen) atoms. The van der Waals surface area contributed by atoms with Gasteiger partial charge in [-0.25, -0.2) is 4.98 Å². The van der Waals surface area contributed by atoms with Crippen molar-refractivity contribution in [3.63, 3.8) is 0 Å². The number of halogens is 1. The van der Waals surface area contributed by atoms with E-state index in [0.717, 1.165) is 16.9 Å². The van der Waals surface area contributed by atoms with E-state index in [4.69, 9.17) is 17.3 Å². The number of anilines is 1. The van der Waals surface area contributed by atoms with Crippen molar-refractivity contribution < 1.29 is 0 Å². The molecule has 0 radical (unpaired) electrons. The highest BCUT2D eigenvalue weighted by molar-refractivity contribution is 6.29. The molecule has 0 saturated carbocycles. The molecule has 0 fully saturated rings. The highest BCUT2D eigenvalue weighted by Crippen LogP contribution is 2.18. The maximum Gasteiger partial charge on any atom is 0.148 e. The van der Waals surface area contributed by atoms with E-state index in [1.54, 1.807) is 6.20 Å². The number of nitrogens with two attached hydrogens (primary N) is 1. The second-order valence-corrected chi connectivity index (χ2v) is 3.24. The van der Waals surface area contributed by atoms with Crippen molar-refractivity contribution in [2.24, 2.45) is 0 Å². The molecular weight excluding hydrogens is 198 g/mol. The van der Waals surface area contributed by atoms with Gasteiger partial charge >= 0.3 is 0 Å². The first-order chi connectivity index (χ1) is 6.75. The Kier molecular flexibility index (Phi) is 2.33. The van der Waals surface area contributed by atoms with Gasteiger partial charge in [0.05, 0.1) is 18.1 Å². The van der Waals surface area contributed by atoms with Crippen molar-refractivity contribution in [1.29, 1.82) is 0 Å². The number of hydrogen-bond acceptors (Lipinski definition) is 3. The predicted molar refractivity (Wildman–Crippen MR) is 56.9 cm³/mol. The topological polar surface area (TPSA) is 51.8 Å².